The summed E-state index contributed by atoms with van der Waals surface area (Å²) in [5.74, 6) is 0.566. The minimum atomic E-state index is -1.11. The summed E-state index contributed by atoms with van der Waals surface area (Å²) in [5.41, 5.74) is 3.66. The summed E-state index contributed by atoms with van der Waals surface area (Å²) in [6, 6.07) is 1.59. The molecule has 0 spiro atoms. The Labute approximate surface area is 204 Å². The molecule has 3 N–H and O–H groups in total. The Balaban J connectivity index is 1.36. The minimum Gasteiger partial charge on any atom is -0.388 e. The molecule has 1 saturated carbocycles. The summed E-state index contributed by atoms with van der Waals surface area (Å²) in [7, 11) is 0. The molecule has 11 heteroatoms. The first-order valence-corrected chi connectivity index (χ1v) is 12.3. The highest BCUT2D eigenvalue weighted by Gasteiger charge is 2.39. The molecule has 5 rings (SSSR count). The van der Waals surface area contributed by atoms with Crippen LogP contribution in [0.5, 0.6) is 0 Å². The Bertz CT molecular complexity index is 1110. The van der Waals surface area contributed by atoms with E-state index in [-0.39, 0.29) is 17.9 Å². The first-order chi connectivity index (χ1) is 16.8. The minimum absolute atomic E-state index is 0.118. The standard InChI is InChI=1S/C24H33N7O4/c1-24(2,34)21-19(14-31(28-21)17-5-3-16(15-32)4-6-17)26-23(33)18-13-25-30-8-7-20(27-22(18)30)29-9-11-35-12-10-29/h7-8,13-17,21,28,34H,3-6,9-12H2,1-2H3,(H,26,33)/t16-,17-,21?. The molecule has 2 aromatic heterocycles. The van der Waals surface area contributed by atoms with E-state index in [0.717, 1.165) is 50.9 Å². The smallest absolute Gasteiger partial charge is 0.260 e. The molecule has 2 fully saturated rings. The van der Waals surface area contributed by atoms with Gasteiger partial charge in [-0.15, -0.1) is 0 Å². The van der Waals surface area contributed by atoms with Crippen molar-refractivity contribution in [3.05, 3.63) is 35.9 Å². The van der Waals surface area contributed by atoms with Crippen molar-refractivity contribution in [2.24, 2.45) is 5.92 Å². The quantitative estimate of drug-likeness (QED) is 0.513. The van der Waals surface area contributed by atoms with Crippen LogP contribution in [0.15, 0.2) is 30.4 Å². The zero-order chi connectivity index (χ0) is 24.6. The van der Waals surface area contributed by atoms with Crippen LogP contribution in [0, 0.1) is 5.92 Å². The first-order valence-electron chi connectivity index (χ1n) is 12.3. The Morgan fingerprint density at radius 1 is 1.26 bits per heavy atom. The van der Waals surface area contributed by atoms with Crippen molar-refractivity contribution >= 4 is 23.7 Å². The van der Waals surface area contributed by atoms with Gasteiger partial charge in [0.1, 0.15) is 17.7 Å². The number of aldehydes is 1. The molecule has 2 aliphatic heterocycles. The fourth-order valence-electron chi connectivity index (χ4n) is 5.04. The number of carbonyl (C=O) groups excluding carboxylic acids is 2. The van der Waals surface area contributed by atoms with Gasteiger partial charge in [-0.1, -0.05) is 0 Å². The van der Waals surface area contributed by atoms with E-state index < -0.39 is 11.6 Å². The average molecular weight is 484 g/mol. The number of nitrogens with one attached hydrogen (secondary N) is 2. The summed E-state index contributed by atoms with van der Waals surface area (Å²) in [6.07, 6.45) is 9.65. The zero-order valence-corrected chi connectivity index (χ0v) is 20.2. The number of hydrogen-bond acceptors (Lipinski definition) is 9. The number of carbonyl (C=O) groups is 2. The molecule has 11 nitrogen and oxygen atoms in total. The van der Waals surface area contributed by atoms with Crippen molar-refractivity contribution in [2.45, 2.75) is 57.2 Å². The second kappa shape index (κ2) is 9.56. The van der Waals surface area contributed by atoms with Gasteiger partial charge in [-0.05, 0) is 45.6 Å². The number of fused-ring (bicyclic) bond motifs is 1. The third-order valence-electron chi connectivity index (χ3n) is 7.09. The molecular weight excluding hydrogens is 450 g/mol. The SMILES string of the molecule is CC(C)(O)C1NN([C@H]2CC[C@H](C=O)CC2)C=C1NC(=O)c1cnn2ccc(N3CCOCC3)nc12. The number of anilines is 1. The van der Waals surface area contributed by atoms with Crippen LogP contribution in [0.2, 0.25) is 0 Å². The number of amides is 1. The average Bonchev–Trinajstić information content (AvgIpc) is 3.49. The predicted octanol–water partition coefficient (Wildman–Crippen LogP) is 0.855. The summed E-state index contributed by atoms with van der Waals surface area (Å²) in [5, 5.41) is 20.1. The summed E-state index contributed by atoms with van der Waals surface area (Å²) in [6.45, 7) is 6.20. The van der Waals surface area contributed by atoms with E-state index in [2.05, 4.69) is 20.7 Å². The van der Waals surface area contributed by atoms with Gasteiger partial charge in [0.15, 0.2) is 5.65 Å². The van der Waals surface area contributed by atoms with E-state index in [0.29, 0.717) is 30.1 Å². The zero-order valence-electron chi connectivity index (χ0n) is 20.2. The number of ether oxygens (including phenoxy) is 1. The summed E-state index contributed by atoms with van der Waals surface area (Å²) >= 11 is 0. The maximum Gasteiger partial charge on any atom is 0.260 e. The molecule has 4 heterocycles. The Kier molecular flexibility index (Phi) is 6.47. The van der Waals surface area contributed by atoms with Crippen molar-refractivity contribution in [3.8, 4) is 0 Å². The van der Waals surface area contributed by atoms with Gasteiger partial charge in [-0.25, -0.2) is 14.9 Å². The van der Waals surface area contributed by atoms with Crippen LogP contribution >= 0.6 is 0 Å². The Morgan fingerprint density at radius 3 is 2.69 bits per heavy atom. The predicted molar refractivity (Wildman–Crippen MR) is 128 cm³/mol. The molecule has 1 unspecified atom stereocenters. The lowest BCUT2D eigenvalue weighted by Crippen LogP contribution is -2.53. The van der Waals surface area contributed by atoms with Crippen molar-refractivity contribution < 1.29 is 19.4 Å². The molecule has 1 amide bonds. The van der Waals surface area contributed by atoms with Crippen LogP contribution in [0.1, 0.15) is 49.9 Å². The molecule has 188 valence electrons. The summed E-state index contributed by atoms with van der Waals surface area (Å²) < 4.78 is 7.02. The second-order valence-corrected chi connectivity index (χ2v) is 10.1. The monoisotopic (exact) mass is 483 g/mol. The van der Waals surface area contributed by atoms with Gasteiger partial charge < -0.3 is 29.9 Å². The van der Waals surface area contributed by atoms with Gasteiger partial charge in [0, 0.05) is 37.4 Å². The van der Waals surface area contributed by atoms with Crippen LogP contribution in [0.25, 0.3) is 5.65 Å². The van der Waals surface area contributed by atoms with Crippen molar-refractivity contribution in [1.29, 1.82) is 0 Å². The van der Waals surface area contributed by atoms with E-state index in [1.54, 1.807) is 24.6 Å². The molecule has 0 bridgehead atoms. The second-order valence-electron chi connectivity index (χ2n) is 10.1. The fraction of sp³-hybridized carbons (Fsp3) is 0.583. The van der Waals surface area contributed by atoms with Gasteiger partial charge in [0.25, 0.3) is 5.91 Å². The van der Waals surface area contributed by atoms with Crippen LogP contribution in [-0.4, -0.2) is 80.9 Å². The molecule has 0 aromatic carbocycles. The molecule has 1 saturated heterocycles. The van der Waals surface area contributed by atoms with Gasteiger partial charge in [-0.2, -0.15) is 5.10 Å². The third-order valence-corrected chi connectivity index (χ3v) is 7.09. The lowest BCUT2D eigenvalue weighted by atomic mass is 9.87. The number of rotatable bonds is 6. The van der Waals surface area contributed by atoms with E-state index in [1.807, 2.05) is 17.3 Å². The molecule has 1 aliphatic carbocycles. The van der Waals surface area contributed by atoms with Crippen molar-refractivity contribution in [2.75, 3.05) is 31.2 Å². The number of aliphatic hydroxyl groups is 1. The maximum atomic E-state index is 13.4. The molecule has 2 aromatic rings. The third kappa shape index (κ3) is 4.89. The number of aromatic nitrogens is 3. The van der Waals surface area contributed by atoms with E-state index in [4.69, 9.17) is 9.72 Å². The first kappa shape index (κ1) is 23.7. The number of nitrogens with zero attached hydrogens (tertiary/aromatic N) is 5. The largest absolute Gasteiger partial charge is 0.388 e. The topological polar surface area (TPSA) is 124 Å². The van der Waals surface area contributed by atoms with Gasteiger partial charge in [0.2, 0.25) is 0 Å². The molecule has 1 atom stereocenters. The lowest BCUT2D eigenvalue weighted by Gasteiger charge is -2.35. The van der Waals surface area contributed by atoms with Gasteiger partial charge in [0.05, 0.1) is 36.8 Å². The maximum absolute atomic E-state index is 13.4. The van der Waals surface area contributed by atoms with Gasteiger partial charge in [-0.3, -0.25) is 4.79 Å². The summed E-state index contributed by atoms with van der Waals surface area (Å²) in [4.78, 5) is 31.3. The van der Waals surface area contributed by atoms with Crippen LogP contribution in [0.4, 0.5) is 5.82 Å². The van der Waals surface area contributed by atoms with E-state index >= 15 is 0 Å². The van der Waals surface area contributed by atoms with Crippen molar-refractivity contribution in [3.63, 3.8) is 0 Å². The Morgan fingerprint density at radius 2 is 2.00 bits per heavy atom. The van der Waals surface area contributed by atoms with Crippen molar-refractivity contribution in [1.82, 2.24) is 30.3 Å². The molecule has 3 aliphatic rings. The molecule has 0 radical (unpaired) electrons. The fourth-order valence-corrected chi connectivity index (χ4v) is 5.04. The van der Waals surface area contributed by atoms with E-state index in [9.17, 15) is 14.7 Å². The van der Waals surface area contributed by atoms with Crippen LogP contribution < -0.4 is 15.6 Å². The van der Waals surface area contributed by atoms with Crippen LogP contribution in [-0.2, 0) is 9.53 Å². The molecular formula is C24H33N7O4. The highest BCUT2D eigenvalue weighted by Crippen LogP contribution is 2.30. The molecule has 35 heavy (non-hydrogen) atoms. The van der Waals surface area contributed by atoms with Crippen LogP contribution in [0.3, 0.4) is 0 Å². The highest BCUT2D eigenvalue weighted by atomic mass is 16.5. The highest BCUT2D eigenvalue weighted by molar-refractivity contribution is 6.00. The normalized spacial score (nSPS) is 25.6. The van der Waals surface area contributed by atoms with E-state index in [1.165, 1.54) is 6.20 Å². The number of morpholine rings is 1. The van der Waals surface area contributed by atoms with Gasteiger partial charge >= 0.3 is 0 Å². The lowest BCUT2D eigenvalue weighted by molar-refractivity contribution is -0.112. The Hall–Kier alpha value is -3.02. The number of hydrogen-bond donors (Lipinski definition) is 3. The number of hydrazine groups is 1.